The molecule has 0 radical (unpaired) electrons. The summed E-state index contributed by atoms with van der Waals surface area (Å²) in [6.07, 6.45) is 7.70. The van der Waals surface area contributed by atoms with Gasteiger partial charge in [0.1, 0.15) is 0 Å². The van der Waals surface area contributed by atoms with Crippen molar-refractivity contribution in [2.24, 2.45) is 0 Å². The summed E-state index contributed by atoms with van der Waals surface area (Å²) in [6, 6.07) is 17.7. The van der Waals surface area contributed by atoms with Crippen LogP contribution in [0.4, 0.5) is 0 Å². The van der Waals surface area contributed by atoms with Gasteiger partial charge < -0.3 is 0 Å². The molecule has 0 heterocycles. The van der Waals surface area contributed by atoms with Crippen molar-refractivity contribution in [3.63, 3.8) is 0 Å². The molecule has 0 aromatic heterocycles. The third-order valence-electron chi connectivity index (χ3n) is 5.36. The zero-order valence-electron chi connectivity index (χ0n) is 14.1. The molecule has 3 aromatic carbocycles. The van der Waals surface area contributed by atoms with Crippen molar-refractivity contribution in [1.82, 2.24) is 0 Å². The molecule has 0 saturated heterocycles. The van der Waals surface area contributed by atoms with Crippen LogP contribution in [0.3, 0.4) is 0 Å². The Morgan fingerprint density at radius 2 is 1.56 bits per heavy atom. The van der Waals surface area contributed by atoms with Crippen LogP contribution in [-0.4, -0.2) is 0 Å². The molecule has 3 aromatic rings. The molecule has 0 spiro atoms. The average molecular weight is 316 g/mol. The first-order valence-corrected chi connectivity index (χ1v) is 8.60. The largest absolute Gasteiger partial charge is 0.115 e. The number of benzene rings is 3. The van der Waals surface area contributed by atoms with E-state index in [1.54, 1.807) is 0 Å². The van der Waals surface area contributed by atoms with Crippen molar-refractivity contribution in [3.8, 4) is 46.4 Å². The second-order valence-corrected chi connectivity index (χ2v) is 6.72. The van der Waals surface area contributed by atoms with Gasteiger partial charge in [-0.25, -0.2) is 0 Å². The Morgan fingerprint density at radius 1 is 0.800 bits per heavy atom. The fourth-order valence-corrected chi connectivity index (χ4v) is 4.29. The molecule has 0 atom stereocenters. The lowest BCUT2D eigenvalue weighted by molar-refractivity contribution is 1.24. The highest BCUT2D eigenvalue weighted by Crippen LogP contribution is 2.46. The molecule has 0 N–H and O–H groups in total. The third-order valence-corrected chi connectivity index (χ3v) is 5.36. The summed E-state index contributed by atoms with van der Waals surface area (Å²) < 4.78 is 0. The number of hydrogen-bond acceptors (Lipinski definition) is 0. The Balaban J connectivity index is 1.77. The van der Waals surface area contributed by atoms with Gasteiger partial charge in [0.2, 0.25) is 0 Å². The van der Waals surface area contributed by atoms with Gasteiger partial charge in [0, 0.05) is 16.7 Å². The third kappa shape index (κ3) is 1.92. The number of terminal acetylenes is 1. The van der Waals surface area contributed by atoms with Crippen LogP contribution in [0.1, 0.15) is 40.3 Å². The second kappa shape index (κ2) is 5.14. The van der Waals surface area contributed by atoms with E-state index in [1.165, 1.54) is 44.5 Å². The Kier molecular flexibility index (Phi) is 2.91. The van der Waals surface area contributed by atoms with Crippen LogP contribution in [0.25, 0.3) is 22.3 Å². The van der Waals surface area contributed by atoms with E-state index in [2.05, 4.69) is 60.2 Å². The molecule has 0 saturated carbocycles. The maximum Gasteiger partial charge on any atom is 0.0483 e. The van der Waals surface area contributed by atoms with Gasteiger partial charge >= 0.3 is 0 Å². The molecule has 25 heavy (non-hydrogen) atoms. The van der Waals surface area contributed by atoms with Crippen molar-refractivity contribution in [3.05, 3.63) is 81.9 Å². The van der Waals surface area contributed by atoms with E-state index in [4.69, 9.17) is 6.42 Å². The van der Waals surface area contributed by atoms with Crippen LogP contribution in [0, 0.1) is 24.2 Å². The highest BCUT2D eigenvalue weighted by molar-refractivity contribution is 5.89. The van der Waals surface area contributed by atoms with Gasteiger partial charge in [-0.05, 0) is 76.9 Å². The Hall–Kier alpha value is -3.22. The van der Waals surface area contributed by atoms with Gasteiger partial charge in [0.05, 0.1) is 0 Å². The molecule has 0 heteroatoms. The summed E-state index contributed by atoms with van der Waals surface area (Å²) in [4.78, 5) is 0. The highest BCUT2D eigenvalue weighted by Gasteiger charge is 2.27. The van der Waals surface area contributed by atoms with Gasteiger partial charge in [-0.15, -0.1) is 12.3 Å². The molecule has 2 aliphatic rings. The maximum atomic E-state index is 5.72. The van der Waals surface area contributed by atoms with E-state index >= 15 is 0 Å². The molecule has 0 fully saturated rings. The minimum Gasteiger partial charge on any atom is -0.115 e. The lowest BCUT2D eigenvalue weighted by atomic mass is 9.93. The quantitative estimate of drug-likeness (QED) is 0.345. The maximum absolute atomic E-state index is 5.72. The van der Waals surface area contributed by atoms with Gasteiger partial charge in [-0.2, -0.15) is 0 Å². The Labute approximate surface area is 148 Å². The molecule has 2 aliphatic carbocycles. The molecular formula is C25H16. The van der Waals surface area contributed by atoms with Gasteiger partial charge in [0.25, 0.3) is 0 Å². The lowest BCUT2D eigenvalue weighted by Gasteiger charge is -2.09. The van der Waals surface area contributed by atoms with Crippen molar-refractivity contribution >= 4 is 0 Å². The molecule has 0 nitrogen and oxygen atoms in total. The monoisotopic (exact) mass is 316 g/mol. The number of fused-ring (bicyclic) bond motifs is 6. The minimum absolute atomic E-state index is 0.893. The van der Waals surface area contributed by atoms with E-state index in [0.29, 0.717) is 0 Å². The zero-order valence-corrected chi connectivity index (χ0v) is 14.1. The Morgan fingerprint density at radius 3 is 2.40 bits per heavy atom. The van der Waals surface area contributed by atoms with E-state index in [1.807, 2.05) is 13.0 Å². The van der Waals surface area contributed by atoms with E-state index in [9.17, 15) is 0 Å². The Bertz CT molecular complexity index is 1160. The topological polar surface area (TPSA) is 0 Å². The fraction of sp³-hybridized carbons (Fsp3) is 0.120. The molecule has 116 valence electrons. The summed E-state index contributed by atoms with van der Waals surface area (Å²) >= 11 is 0. The molecular weight excluding hydrogens is 300 g/mol. The summed E-state index contributed by atoms with van der Waals surface area (Å²) in [7, 11) is 0. The van der Waals surface area contributed by atoms with Crippen LogP contribution in [0.2, 0.25) is 0 Å². The van der Waals surface area contributed by atoms with E-state index in [0.717, 1.165) is 24.0 Å². The summed E-state index contributed by atoms with van der Waals surface area (Å²) in [6.45, 7) is 1.87. The minimum atomic E-state index is 0.893. The van der Waals surface area contributed by atoms with E-state index < -0.39 is 0 Å². The number of rotatable bonds is 0. The van der Waals surface area contributed by atoms with Crippen molar-refractivity contribution in [2.45, 2.75) is 19.8 Å². The molecule has 0 unspecified atom stereocenters. The molecule has 0 amide bonds. The average Bonchev–Trinajstić information content (AvgIpc) is 3.17. The van der Waals surface area contributed by atoms with Crippen LogP contribution < -0.4 is 0 Å². The lowest BCUT2D eigenvalue weighted by Crippen LogP contribution is -1.91. The highest BCUT2D eigenvalue weighted by atomic mass is 14.3. The molecule has 0 aliphatic heterocycles. The van der Waals surface area contributed by atoms with Crippen LogP contribution in [-0.2, 0) is 12.8 Å². The summed E-state index contributed by atoms with van der Waals surface area (Å²) in [5.74, 6) is 9.11. The molecule has 5 rings (SSSR count). The first-order valence-electron chi connectivity index (χ1n) is 8.60. The molecule has 0 bridgehead atoms. The summed E-state index contributed by atoms with van der Waals surface area (Å²) in [5.41, 5.74) is 12.8. The van der Waals surface area contributed by atoms with Crippen LogP contribution in [0.5, 0.6) is 0 Å². The smallest absolute Gasteiger partial charge is 0.0483 e. The van der Waals surface area contributed by atoms with Crippen molar-refractivity contribution < 1.29 is 0 Å². The first-order chi connectivity index (χ1) is 12.3. The van der Waals surface area contributed by atoms with E-state index in [-0.39, 0.29) is 0 Å². The normalized spacial score (nSPS) is 12.3. The predicted molar refractivity (Wildman–Crippen MR) is 103 cm³/mol. The second-order valence-electron chi connectivity index (χ2n) is 6.72. The zero-order chi connectivity index (χ0) is 17.0. The van der Waals surface area contributed by atoms with Gasteiger partial charge in [0.15, 0.2) is 0 Å². The van der Waals surface area contributed by atoms with Crippen molar-refractivity contribution in [2.75, 3.05) is 0 Å². The fourth-order valence-electron chi connectivity index (χ4n) is 4.29. The SMILES string of the molecule is C#Cc1ccc2c(c1C#CC)-c1cc3c(cc1C2)-c1ccccc1C3. The first kappa shape index (κ1) is 14.2. The van der Waals surface area contributed by atoms with Crippen LogP contribution >= 0.6 is 0 Å². The van der Waals surface area contributed by atoms with Crippen LogP contribution in [0.15, 0.2) is 48.5 Å². The van der Waals surface area contributed by atoms with Crippen molar-refractivity contribution in [1.29, 1.82) is 0 Å². The van der Waals surface area contributed by atoms with Gasteiger partial charge in [-0.1, -0.05) is 42.2 Å². The number of hydrogen-bond donors (Lipinski definition) is 0. The summed E-state index contributed by atoms with van der Waals surface area (Å²) in [5, 5.41) is 0. The standard InChI is InChI=1S/C25H16/c1-3-7-22-16(4-2)10-11-18-13-20-14-23-19(15-24(20)25(18)22)12-17-8-5-6-9-21(17)23/h2,5-6,8-11,14-15H,12-13H2,1H3. The van der Waals surface area contributed by atoms with Gasteiger partial charge in [-0.3, -0.25) is 0 Å². The predicted octanol–water partition coefficient (Wildman–Crippen LogP) is 5.18.